The van der Waals surface area contributed by atoms with Gasteiger partial charge in [0.1, 0.15) is 0 Å². The van der Waals surface area contributed by atoms with Crippen LogP contribution in [0.15, 0.2) is 42.5 Å². The van der Waals surface area contributed by atoms with Crippen molar-refractivity contribution in [1.29, 1.82) is 0 Å². The molecule has 0 aliphatic heterocycles. The minimum absolute atomic E-state index is 0.729. The summed E-state index contributed by atoms with van der Waals surface area (Å²) in [7, 11) is 1.89. The highest BCUT2D eigenvalue weighted by Crippen LogP contribution is 2.29. The Morgan fingerprint density at radius 2 is 1.75 bits per heavy atom. The van der Waals surface area contributed by atoms with E-state index in [4.69, 9.17) is 17.3 Å². The molecule has 0 bridgehead atoms. The van der Waals surface area contributed by atoms with E-state index < -0.39 is 0 Å². The first-order valence-corrected chi connectivity index (χ1v) is 5.42. The SMILES string of the molecule is CNc1ccc(N)c(-c2ccc(Cl)cc2)c1. The van der Waals surface area contributed by atoms with Crippen LogP contribution in [-0.4, -0.2) is 7.05 Å². The molecule has 0 aliphatic carbocycles. The lowest BCUT2D eigenvalue weighted by Gasteiger charge is -2.08. The molecule has 16 heavy (non-hydrogen) atoms. The number of halogens is 1. The van der Waals surface area contributed by atoms with Crippen LogP contribution in [0.1, 0.15) is 0 Å². The van der Waals surface area contributed by atoms with Gasteiger partial charge in [0, 0.05) is 29.0 Å². The number of nitrogen functional groups attached to an aromatic ring is 1. The van der Waals surface area contributed by atoms with Crippen LogP contribution in [-0.2, 0) is 0 Å². The topological polar surface area (TPSA) is 38.0 Å². The predicted molar refractivity (Wildman–Crippen MR) is 70.8 cm³/mol. The highest BCUT2D eigenvalue weighted by Gasteiger charge is 2.03. The van der Waals surface area contributed by atoms with E-state index in [-0.39, 0.29) is 0 Å². The molecule has 0 saturated heterocycles. The van der Waals surface area contributed by atoms with Gasteiger partial charge in [0.05, 0.1) is 0 Å². The molecule has 82 valence electrons. The maximum Gasteiger partial charge on any atom is 0.0406 e. The Hall–Kier alpha value is -1.67. The molecule has 0 atom stereocenters. The average molecular weight is 233 g/mol. The fourth-order valence-electron chi connectivity index (χ4n) is 1.59. The second kappa shape index (κ2) is 4.45. The van der Waals surface area contributed by atoms with Crippen molar-refractivity contribution in [3.05, 3.63) is 47.5 Å². The molecular weight excluding hydrogens is 220 g/mol. The molecule has 3 heteroatoms. The predicted octanol–water partition coefficient (Wildman–Crippen LogP) is 3.63. The molecule has 3 N–H and O–H groups in total. The third-order valence-electron chi connectivity index (χ3n) is 2.50. The molecule has 2 aromatic rings. The summed E-state index contributed by atoms with van der Waals surface area (Å²) in [6.07, 6.45) is 0. The maximum atomic E-state index is 5.95. The Bertz CT molecular complexity index is 492. The van der Waals surface area contributed by atoms with E-state index in [1.165, 1.54) is 0 Å². The van der Waals surface area contributed by atoms with Crippen LogP contribution in [0.3, 0.4) is 0 Å². The Labute approximate surface area is 100 Å². The maximum absolute atomic E-state index is 5.95. The zero-order chi connectivity index (χ0) is 11.5. The lowest BCUT2D eigenvalue weighted by atomic mass is 10.0. The molecule has 2 nitrogen and oxygen atoms in total. The zero-order valence-corrected chi connectivity index (χ0v) is 9.75. The number of hydrogen-bond donors (Lipinski definition) is 2. The number of benzene rings is 2. The third-order valence-corrected chi connectivity index (χ3v) is 2.75. The van der Waals surface area contributed by atoms with Crippen molar-refractivity contribution in [2.45, 2.75) is 0 Å². The largest absolute Gasteiger partial charge is 0.398 e. The smallest absolute Gasteiger partial charge is 0.0406 e. The van der Waals surface area contributed by atoms with Crippen molar-refractivity contribution in [1.82, 2.24) is 0 Å². The Kier molecular flexibility index (Phi) is 3.02. The van der Waals surface area contributed by atoms with Gasteiger partial charge in [-0.25, -0.2) is 0 Å². The standard InChI is InChI=1S/C13H13ClN2/c1-16-11-6-7-13(15)12(8-11)9-2-4-10(14)5-3-9/h2-8,16H,15H2,1H3. The van der Waals surface area contributed by atoms with Crippen LogP contribution in [0.4, 0.5) is 11.4 Å². The van der Waals surface area contributed by atoms with Crippen molar-refractivity contribution < 1.29 is 0 Å². The minimum atomic E-state index is 0.729. The van der Waals surface area contributed by atoms with Crippen LogP contribution in [0, 0.1) is 0 Å². The van der Waals surface area contributed by atoms with E-state index in [9.17, 15) is 0 Å². The van der Waals surface area contributed by atoms with Crippen LogP contribution < -0.4 is 11.1 Å². The van der Waals surface area contributed by atoms with E-state index in [1.807, 2.05) is 49.5 Å². The van der Waals surface area contributed by atoms with Gasteiger partial charge in [-0.2, -0.15) is 0 Å². The Balaban J connectivity index is 2.50. The monoisotopic (exact) mass is 232 g/mol. The van der Waals surface area contributed by atoms with Gasteiger partial charge < -0.3 is 11.1 Å². The first-order chi connectivity index (χ1) is 7.70. The fraction of sp³-hybridized carbons (Fsp3) is 0.0769. The lowest BCUT2D eigenvalue weighted by Crippen LogP contribution is -1.93. The van der Waals surface area contributed by atoms with Crippen LogP contribution >= 0.6 is 11.6 Å². The fourth-order valence-corrected chi connectivity index (χ4v) is 1.72. The van der Waals surface area contributed by atoms with Crippen molar-refractivity contribution in [2.24, 2.45) is 0 Å². The van der Waals surface area contributed by atoms with Gasteiger partial charge in [-0.15, -0.1) is 0 Å². The number of anilines is 2. The second-order valence-corrected chi connectivity index (χ2v) is 4.00. The highest BCUT2D eigenvalue weighted by atomic mass is 35.5. The van der Waals surface area contributed by atoms with Gasteiger partial charge in [-0.3, -0.25) is 0 Å². The van der Waals surface area contributed by atoms with Crippen LogP contribution in [0.2, 0.25) is 5.02 Å². The van der Waals surface area contributed by atoms with Gasteiger partial charge >= 0.3 is 0 Å². The minimum Gasteiger partial charge on any atom is -0.398 e. The third kappa shape index (κ3) is 2.12. The van der Waals surface area contributed by atoms with Gasteiger partial charge in [0.15, 0.2) is 0 Å². The number of nitrogens with one attached hydrogen (secondary N) is 1. The molecule has 0 aliphatic rings. The van der Waals surface area contributed by atoms with Crippen LogP contribution in [0.25, 0.3) is 11.1 Å². The lowest BCUT2D eigenvalue weighted by molar-refractivity contribution is 1.50. The molecule has 0 unspecified atom stereocenters. The summed E-state index contributed by atoms with van der Waals surface area (Å²) in [4.78, 5) is 0. The summed E-state index contributed by atoms with van der Waals surface area (Å²) >= 11 is 5.85. The van der Waals surface area contributed by atoms with E-state index in [0.717, 1.165) is 27.5 Å². The molecule has 0 heterocycles. The van der Waals surface area contributed by atoms with Crippen molar-refractivity contribution in [3.8, 4) is 11.1 Å². The van der Waals surface area contributed by atoms with Gasteiger partial charge in [-0.05, 0) is 35.9 Å². The molecule has 0 spiro atoms. The summed E-state index contributed by atoms with van der Waals surface area (Å²) < 4.78 is 0. The van der Waals surface area contributed by atoms with E-state index in [0.29, 0.717) is 0 Å². The normalized spacial score (nSPS) is 10.1. The summed E-state index contributed by atoms with van der Waals surface area (Å²) in [6, 6.07) is 13.5. The molecular formula is C13H13ClN2. The number of rotatable bonds is 2. The van der Waals surface area contributed by atoms with Gasteiger partial charge in [0.25, 0.3) is 0 Å². The highest BCUT2D eigenvalue weighted by molar-refractivity contribution is 6.30. The molecule has 2 aromatic carbocycles. The summed E-state index contributed by atoms with van der Waals surface area (Å²) in [5, 5.41) is 3.82. The quantitative estimate of drug-likeness (QED) is 0.776. The van der Waals surface area contributed by atoms with Gasteiger partial charge in [0.2, 0.25) is 0 Å². The van der Waals surface area contributed by atoms with E-state index in [1.54, 1.807) is 0 Å². The zero-order valence-electron chi connectivity index (χ0n) is 9.00. The van der Waals surface area contributed by atoms with Crippen molar-refractivity contribution in [3.63, 3.8) is 0 Å². The molecule has 0 amide bonds. The Morgan fingerprint density at radius 1 is 1.06 bits per heavy atom. The van der Waals surface area contributed by atoms with Crippen LogP contribution in [0.5, 0.6) is 0 Å². The first-order valence-electron chi connectivity index (χ1n) is 5.04. The van der Waals surface area contributed by atoms with Crippen molar-refractivity contribution >= 4 is 23.0 Å². The average Bonchev–Trinajstić information content (AvgIpc) is 2.31. The first kappa shape index (κ1) is 10.8. The van der Waals surface area contributed by atoms with E-state index >= 15 is 0 Å². The van der Waals surface area contributed by atoms with Crippen molar-refractivity contribution in [2.75, 3.05) is 18.1 Å². The second-order valence-electron chi connectivity index (χ2n) is 3.56. The molecule has 0 radical (unpaired) electrons. The Morgan fingerprint density at radius 3 is 2.38 bits per heavy atom. The summed E-state index contributed by atoms with van der Waals surface area (Å²) in [5.41, 5.74) is 9.85. The summed E-state index contributed by atoms with van der Waals surface area (Å²) in [6.45, 7) is 0. The molecule has 0 fully saturated rings. The molecule has 0 aromatic heterocycles. The molecule has 0 saturated carbocycles. The summed E-state index contributed by atoms with van der Waals surface area (Å²) in [5.74, 6) is 0. The number of hydrogen-bond acceptors (Lipinski definition) is 2. The van der Waals surface area contributed by atoms with E-state index in [2.05, 4.69) is 5.32 Å². The van der Waals surface area contributed by atoms with Gasteiger partial charge in [-0.1, -0.05) is 23.7 Å². The molecule has 2 rings (SSSR count). The number of nitrogens with two attached hydrogens (primary N) is 1.